The van der Waals surface area contributed by atoms with E-state index in [1.165, 1.54) is 12.0 Å². The molecule has 4 rings (SSSR count). The Balaban J connectivity index is 1.98. The van der Waals surface area contributed by atoms with Crippen LogP contribution < -0.4 is 9.64 Å². The molecule has 1 atom stereocenters. The smallest absolute Gasteiger partial charge is 0.300 e. The van der Waals surface area contributed by atoms with E-state index in [0.717, 1.165) is 11.1 Å². The largest absolute Gasteiger partial charge is 0.507 e. The van der Waals surface area contributed by atoms with Gasteiger partial charge in [0.1, 0.15) is 11.5 Å². The van der Waals surface area contributed by atoms with Gasteiger partial charge in [0.2, 0.25) is 0 Å². The van der Waals surface area contributed by atoms with Crippen LogP contribution in [0.4, 0.5) is 5.69 Å². The minimum Gasteiger partial charge on any atom is -0.507 e. The number of Topliss-reactive ketones (excluding diaryl/α,β-unsaturated/α-hetero) is 1. The van der Waals surface area contributed by atoms with Crippen molar-refractivity contribution in [2.24, 2.45) is 0 Å². The van der Waals surface area contributed by atoms with E-state index in [0.29, 0.717) is 22.0 Å². The van der Waals surface area contributed by atoms with Crippen molar-refractivity contribution in [2.45, 2.75) is 39.2 Å². The van der Waals surface area contributed by atoms with Crippen molar-refractivity contribution in [2.75, 3.05) is 12.0 Å². The van der Waals surface area contributed by atoms with Crippen molar-refractivity contribution in [3.05, 3.63) is 98.5 Å². The summed E-state index contributed by atoms with van der Waals surface area (Å²) < 4.78 is 5.28. The van der Waals surface area contributed by atoms with Crippen molar-refractivity contribution in [3.63, 3.8) is 0 Å². The monoisotopic (exact) mass is 523 g/mol. The minimum atomic E-state index is -0.874. The average Bonchev–Trinajstić information content (AvgIpc) is 3.09. The number of rotatable bonds is 4. The maximum Gasteiger partial charge on any atom is 0.300 e. The number of carbonyl (C=O) groups is 2. The number of methoxy groups -OCH3 is 1. The Morgan fingerprint density at radius 1 is 0.972 bits per heavy atom. The van der Waals surface area contributed by atoms with Crippen LogP contribution in [-0.4, -0.2) is 23.9 Å². The quantitative estimate of drug-likeness (QED) is 0.222. The van der Waals surface area contributed by atoms with Gasteiger partial charge in [-0.05, 0) is 65.4 Å². The molecule has 3 aromatic carbocycles. The molecular formula is C29H27Cl2NO4. The van der Waals surface area contributed by atoms with E-state index in [9.17, 15) is 14.7 Å². The number of benzene rings is 3. The molecule has 0 aromatic heterocycles. The summed E-state index contributed by atoms with van der Waals surface area (Å²) in [6.45, 7) is 8.14. The second-order valence-electron chi connectivity index (χ2n) is 9.82. The van der Waals surface area contributed by atoms with Crippen molar-refractivity contribution >= 4 is 46.3 Å². The molecule has 7 heteroatoms. The highest BCUT2D eigenvalue weighted by Crippen LogP contribution is 2.44. The third kappa shape index (κ3) is 4.61. The summed E-state index contributed by atoms with van der Waals surface area (Å²) in [4.78, 5) is 28.3. The van der Waals surface area contributed by atoms with Gasteiger partial charge in [0.25, 0.3) is 11.7 Å². The second kappa shape index (κ2) is 9.64. The molecule has 0 spiro atoms. The molecule has 1 N–H and O–H groups in total. The Bertz CT molecular complexity index is 1390. The number of ether oxygens (including phenoxy) is 1. The number of amides is 1. The van der Waals surface area contributed by atoms with Gasteiger partial charge in [0, 0.05) is 16.3 Å². The molecule has 1 fully saturated rings. The summed E-state index contributed by atoms with van der Waals surface area (Å²) in [7, 11) is 1.49. The number of anilines is 1. The van der Waals surface area contributed by atoms with Crippen molar-refractivity contribution in [3.8, 4) is 5.75 Å². The van der Waals surface area contributed by atoms with Crippen LogP contribution in [0.25, 0.3) is 5.76 Å². The topological polar surface area (TPSA) is 66.8 Å². The van der Waals surface area contributed by atoms with Gasteiger partial charge >= 0.3 is 0 Å². The van der Waals surface area contributed by atoms with Crippen molar-refractivity contribution in [1.29, 1.82) is 0 Å². The predicted molar refractivity (Wildman–Crippen MR) is 144 cm³/mol. The standard InChI is InChI=1S/C29H27Cl2NO4/c1-16-14-19(30)10-13-23(16)32-25(17-6-8-18(9-7-17)29(2,3)4)24(27(34)28(32)35)26(33)21-15-20(36-5)11-12-22(21)31/h6-15,25,33H,1-5H3/b26-24+. The summed E-state index contributed by atoms with van der Waals surface area (Å²) >= 11 is 12.6. The maximum atomic E-state index is 13.4. The van der Waals surface area contributed by atoms with Crippen LogP contribution in [0.1, 0.15) is 49.1 Å². The Morgan fingerprint density at radius 3 is 2.22 bits per heavy atom. The molecule has 1 heterocycles. The molecule has 36 heavy (non-hydrogen) atoms. The van der Waals surface area contributed by atoms with E-state index in [1.807, 2.05) is 31.2 Å². The number of aryl methyl sites for hydroxylation is 1. The summed E-state index contributed by atoms with van der Waals surface area (Å²) in [5, 5.41) is 12.2. The first kappa shape index (κ1) is 25.8. The van der Waals surface area contributed by atoms with Crippen LogP contribution >= 0.6 is 23.2 Å². The van der Waals surface area contributed by atoms with Gasteiger partial charge in [-0.1, -0.05) is 68.2 Å². The highest BCUT2D eigenvalue weighted by Gasteiger charge is 2.47. The number of halogens is 2. The number of nitrogens with zero attached hydrogens (tertiary/aromatic N) is 1. The Morgan fingerprint density at radius 2 is 1.64 bits per heavy atom. The van der Waals surface area contributed by atoms with E-state index in [4.69, 9.17) is 27.9 Å². The van der Waals surface area contributed by atoms with Crippen molar-refractivity contribution in [1.82, 2.24) is 0 Å². The molecular weight excluding hydrogens is 497 g/mol. The molecule has 1 aliphatic rings. The lowest BCUT2D eigenvalue weighted by molar-refractivity contribution is -0.132. The first-order chi connectivity index (χ1) is 16.9. The van der Waals surface area contributed by atoms with E-state index in [2.05, 4.69) is 20.8 Å². The third-order valence-electron chi connectivity index (χ3n) is 6.38. The Labute approximate surface area is 220 Å². The number of hydrogen-bond donors (Lipinski definition) is 1. The second-order valence-corrected chi connectivity index (χ2v) is 10.7. The van der Waals surface area contributed by atoms with Crippen LogP contribution in [0, 0.1) is 6.92 Å². The lowest BCUT2D eigenvalue weighted by Gasteiger charge is -2.28. The van der Waals surface area contributed by atoms with Gasteiger partial charge in [-0.3, -0.25) is 14.5 Å². The molecule has 5 nitrogen and oxygen atoms in total. The number of aliphatic hydroxyl groups excluding tert-OH is 1. The molecule has 1 unspecified atom stereocenters. The molecule has 0 bridgehead atoms. The fourth-order valence-electron chi connectivity index (χ4n) is 4.41. The van der Waals surface area contributed by atoms with Gasteiger partial charge in [-0.2, -0.15) is 0 Å². The summed E-state index contributed by atoms with van der Waals surface area (Å²) in [5.41, 5.74) is 3.11. The highest BCUT2D eigenvalue weighted by atomic mass is 35.5. The molecule has 0 aliphatic carbocycles. The van der Waals surface area contributed by atoms with E-state index in [1.54, 1.807) is 36.4 Å². The Hall–Kier alpha value is -3.28. The van der Waals surface area contributed by atoms with Gasteiger partial charge in [-0.25, -0.2) is 0 Å². The number of hydrogen-bond acceptors (Lipinski definition) is 4. The SMILES string of the molecule is COc1ccc(Cl)c(/C(O)=C2\C(=O)C(=O)N(c3ccc(Cl)cc3C)C2c2ccc(C(C)(C)C)cc2)c1. The number of ketones is 1. The first-order valence-corrected chi connectivity index (χ1v) is 12.2. The summed E-state index contributed by atoms with van der Waals surface area (Å²) in [6.07, 6.45) is 0. The molecule has 1 amide bonds. The molecule has 1 aliphatic heterocycles. The van der Waals surface area contributed by atoms with E-state index >= 15 is 0 Å². The number of aliphatic hydroxyl groups is 1. The predicted octanol–water partition coefficient (Wildman–Crippen LogP) is 7.23. The van der Waals surface area contributed by atoms with Crippen LogP contribution in [0.2, 0.25) is 10.0 Å². The lowest BCUT2D eigenvalue weighted by atomic mass is 9.85. The summed E-state index contributed by atoms with van der Waals surface area (Å²) in [5.74, 6) is -1.46. The molecule has 3 aromatic rings. The molecule has 0 radical (unpaired) electrons. The normalized spacial score (nSPS) is 17.5. The minimum absolute atomic E-state index is 0.0481. The number of carbonyl (C=O) groups excluding carboxylic acids is 2. The summed E-state index contributed by atoms with van der Waals surface area (Å²) in [6, 6.07) is 16.7. The van der Waals surface area contributed by atoms with Gasteiger partial charge in [0.15, 0.2) is 0 Å². The Kier molecular flexibility index (Phi) is 6.91. The zero-order chi connectivity index (χ0) is 26.4. The van der Waals surface area contributed by atoms with Crippen LogP contribution in [0.3, 0.4) is 0 Å². The fraction of sp³-hybridized carbons (Fsp3) is 0.241. The van der Waals surface area contributed by atoms with Gasteiger partial charge in [0.05, 0.1) is 23.7 Å². The van der Waals surface area contributed by atoms with E-state index < -0.39 is 17.7 Å². The molecule has 1 saturated heterocycles. The van der Waals surface area contributed by atoms with Crippen molar-refractivity contribution < 1.29 is 19.4 Å². The zero-order valence-corrected chi connectivity index (χ0v) is 22.2. The van der Waals surface area contributed by atoms with Gasteiger partial charge in [-0.15, -0.1) is 0 Å². The first-order valence-electron chi connectivity index (χ1n) is 11.5. The zero-order valence-electron chi connectivity index (χ0n) is 20.7. The third-order valence-corrected chi connectivity index (χ3v) is 6.95. The molecule has 0 saturated carbocycles. The van der Waals surface area contributed by atoms with Crippen LogP contribution in [0.5, 0.6) is 5.75 Å². The average molecular weight is 524 g/mol. The highest BCUT2D eigenvalue weighted by molar-refractivity contribution is 6.52. The van der Waals surface area contributed by atoms with E-state index in [-0.39, 0.29) is 27.3 Å². The van der Waals surface area contributed by atoms with Crippen LogP contribution in [0.15, 0.2) is 66.2 Å². The molecule has 186 valence electrons. The maximum absolute atomic E-state index is 13.4. The van der Waals surface area contributed by atoms with Crippen LogP contribution in [-0.2, 0) is 15.0 Å². The fourth-order valence-corrected chi connectivity index (χ4v) is 4.84. The lowest BCUT2D eigenvalue weighted by Crippen LogP contribution is -2.30. The van der Waals surface area contributed by atoms with Gasteiger partial charge < -0.3 is 9.84 Å².